The van der Waals surface area contributed by atoms with Crippen LogP contribution in [0.2, 0.25) is 5.02 Å². The van der Waals surface area contributed by atoms with E-state index >= 15 is 0 Å². The monoisotopic (exact) mass is 510 g/mol. The van der Waals surface area contributed by atoms with E-state index < -0.39 is 17.8 Å². The summed E-state index contributed by atoms with van der Waals surface area (Å²) in [5.41, 5.74) is 0.860. The summed E-state index contributed by atoms with van der Waals surface area (Å²) in [5.74, 6) is -0.895. The molecule has 0 spiro atoms. The lowest BCUT2D eigenvalue weighted by Gasteiger charge is -2.33. The van der Waals surface area contributed by atoms with Gasteiger partial charge in [-0.3, -0.25) is 19.5 Å². The normalized spacial score (nSPS) is 14.6. The molecule has 0 bridgehead atoms. The number of nitrogens with one attached hydrogen (secondary N) is 1. The van der Waals surface area contributed by atoms with E-state index in [1.54, 1.807) is 24.3 Å². The highest BCUT2D eigenvalue weighted by atomic mass is 35.5. The second-order valence-electron chi connectivity index (χ2n) is 8.61. The molecule has 0 radical (unpaired) electrons. The zero-order valence-corrected chi connectivity index (χ0v) is 20.7. The van der Waals surface area contributed by atoms with Crippen molar-refractivity contribution in [3.63, 3.8) is 0 Å². The van der Waals surface area contributed by atoms with Gasteiger partial charge in [0.15, 0.2) is 0 Å². The van der Waals surface area contributed by atoms with Crippen LogP contribution in [0.4, 0.5) is 10.1 Å². The lowest BCUT2D eigenvalue weighted by atomic mass is 9.94. The topological polar surface area (TPSA) is 84.4 Å². The van der Waals surface area contributed by atoms with Gasteiger partial charge in [0, 0.05) is 24.1 Å². The molecule has 1 aliphatic rings. The fourth-order valence-corrected chi connectivity index (χ4v) is 4.58. The molecule has 1 unspecified atom stereocenters. The van der Waals surface area contributed by atoms with Gasteiger partial charge in [0.2, 0.25) is 5.91 Å². The summed E-state index contributed by atoms with van der Waals surface area (Å²) in [6.45, 7) is 2.38. The molecule has 1 aliphatic carbocycles. The molecule has 36 heavy (non-hydrogen) atoms. The van der Waals surface area contributed by atoms with Crippen LogP contribution in [0.3, 0.4) is 0 Å². The number of carbonyl (C=O) groups is 2. The van der Waals surface area contributed by atoms with Crippen LogP contribution in [0, 0.1) is 5.82 Å². The Morgan fingerprint density at radius 3 is 2.53 bits per heavy atom. The molecule has 2 aromatic carbocycles. The predicted molar refractivity (Wildman–Crippen MR) is 136 cm³/mol. The van der Waals surface area contributed by atoms with E-state index in [1.165, 1.54) is 41.7 Å². The molecular formula is C27H28ClFN4O3. The molecule has 9 heteroatoms. The average molecular weight is 511 g/mol. The molecule has 3 aromatic rings. The second kappa shape index (κ2) is 11.9. The highest BCUT2D eigenvalue weighted by Crippen LogP contribution is 2.33. The zero-order chi connectivity index (χ0) is 25.5. The number of nitrogens with zero attached hydrogens (tertiary/aromatic N) is 3. The molecule has 0 saturated heterocycles. The van der Waals surface area contributed by atoms with E-state index in [9.17, 15) is 14.0 Å². The van der Waals surface area contributed by atoms with Gasteiger partial charge in [0.1, 0.15) is 23.3 Å². The van der Waals surface area contributed by atoms with Crippen LogP contribution in [-0.4, -0.2) is 34.4 Å². The van der Waals surface area contributed by atoms with Crippen molar-refractivity contribution in [2.24, 2.45) is 0 Å². The van der Waals surface area contributed by atoms with Crippen molar-refractivity contribution in [3.8, 4) is 5.75 Å². The fraction of sp³-hybridized carbons (Fsp3) is 0.333. The van der Waals surface area contributed by atoms with Crippen LogP contribution in [0.1, 0.15) is 61.1 Å². The van der Waals surface area contributed by atoms with E-state index in [4.69, 9.17) is 16.3 Å². The molecule has 1 saturated carbocycles. The first kappa shape index (κ1) is 25.6. The predicted octanol–water partition coefficient (Wildman–Crippen LogP) is 5.50. The smallest absolute Gasteiger partial charge is 0.279 e. The van der Waals surface area contributed by atoms with Gasteiger partial charge in [-0.25, -0.2) is 9.37 Å². The Morgan fingerprint density at radius 1 is 1.14 bits per heavy atom. The van der Waals surface area contributed by atoms with Crippen LogP contribution in [0.25, 0.3) is 0 Å². The number of rotatable bonds is 8. The standard InChI is InChI=1S/C27H28ClFN4O3/c1-2-36-21-11-8-18(9-12-21)25(26(34)32-19-6-4-3-5-7-19)33(20-10-13-23(29)22(28)16-20)27(35)24-17-30-14-15-31-24/h8-17,19,25H,2-7H2,1H3,(H,32,34). The largest absolute Gasteiger partial charge is 0.494 e. The summed E-state index contributed by atoms with van der Waals surface area (Å²) in [6, 6.07) is 9.87. The summed E-state index contributed by atoms with van der Waals surface area (Å²) in [7, 11) is 0. The highest BCUT2D eigenvalue weighted by molar-refractivity contribution is 6.31. The number of amides is 2. The number of aromatic nitrogens is 2. The van der Waals surface area contributed by atoms with Gasteiger partial charge in [-0.05, 0) is 55.7 Å². The number of halogens is 2. The van der Waals surface area contributed by atoms with Crippen molar-refractivity contribution in [3.05, 3.63) is 83.2 Å². The van der Waals surface area contributed by atoms with Crippen molar-refractivity contribution in [1.29, 1.82) is 0 Å². The number of anilines is 1. The first-order valence-electron chi connectivity index (χ1n) is 12.1. The molecule has 1 aromatic heterocycles. The van der Waals surface area contributed by atoms with Crippen molar-refractivity contribution >= 4 is 29.1 Å². The van der Waals surface area contributed by atoms with Crippen LogP contribution in [-0.2, 0) is 4.79 Å². The molecule has 1 atom stereocenters. The lowest BCUT2D eigenvalue weighted by Crippen LogP contribution is -2.47. The van der Waals surface area contributed by atoms with Gasteiger partial charge in [0.25, 0.3) is 5.91 Å². The van der Waals surface area contributed by atoms with Gasteiger partial charge >= 0.3 is 0 Å². The van der Waals surface area contributed by atoms with Crippen molar-refractivity contribution in [2.45, 2.75) is 51.1 Å². The van der Waals surface area contributed by atoms with Crippen molar-refractivity contribution in [2.75, 3.05) is 11.5 Å². The Hall–Kier alpha value is -3.52. The van der Waals surface area contributed by atoms with Gasteiger partial charge < -0.3 is 10.1 Å². The molecule has 188 valence electrons. The van der Waals surface area contributed by atoms with E-state index in [2.05, 4.69) is 15.3 Å². The number of carbonyl (C=O) groups excluding carboxylic acids is 2. The lowest BCUT2D eigenvalue weighted by molar-refractivity contribution is -0.123. The Kier molecular flexibility index (Phi) is 8.48. The maximum Gasteiger partial charge on any atom is 0.279 e. The van der Waals surface area contributed by atoms with E-state index in [0.29, 0.717) is 17.9 Å². The molecule has 2 amide bonds. The summed E-state index contributed by atoms with van der Waals surface area (Å²) < 4.78 is 19.6. The minimum atomic E-state index is -1.07. The first-order chi connectivity index (χ1) is 17.5. The van der Waals surface area contributed by atoms with Crippen LogP contribution < -0.4 is 15.0 Å². The molecule has 7 nitrogen and oxygen atoms in total. The summed E-state index contributed by atoms with van der Waals surface area (Å²) in [5, 5.41) is 2.97. The maximum absolute atomic E-state index is 14.0. The number of hydrogen-bond acceptors (Lipinski definition) is 5. The molecule has 1 N–H and O–H groups in total. The Balaban J connectivity index is 1.81. The maximum atomic E-state index is 14.0. The summed E-state index contributed by atoms with van der Waals surface area (Å²) in [6.07, 6.45) is 9.15. The fourth-order valence-electron chi connectivity index (χ4n) is 4.41. The zero-order valence-electron chi connectivity index (χ0n) is 20.0. The van der Waals surface area contributed by atoms with Crippen molar-refractivity contribution in [1.82, 2.24) is 15.3 Å². The quantitative estimate of drug-likeness (QED) is 0.432. The first-order valence-corrected chi connectivity index (χ1v) is 12.4. The summed E-state index contributed by atoms with van der Waals surface area (Å²) in [4.78, 5) is 37.1. The molecule has 1 heterocycles. The van der Waals surface area contributed by atoms with Gasteiger partial charge in [-0.1, -0.05) is 43.0 Å². The third-order valence-corrected chi connectivity index (χ3v) is 6.44. The van der Waals surface area contributed by atoms with E-state index in [-0.39, 0.29) is 28.4 Å². The van der Waals surface area contributed by atoms with Gasteiger partial charge in [-0.2, -0.15) is 0 Å². The van der Waals surface area contributed by atoms with Crippen molar-refractivity contribution < 1.29 is 18.7 Å². The summed E-state index contributed by atoms with van der Waals surface area (Å²) >= 11 is 6.09. The number of ether oxygens (including phenoxy) is 1. The van der Waals surface area contributed by atoms with Crippen LogP contribution >= 0.6 is 11.6 Å². The second-order valence-corrected chi connectivity index (χ2v) is 9.02. The van der Waals surface area contributed by atoms with Crippen LogP contribution in [0.15, 0.2) is 61.1 Å². The highest BCUT2D eigenvalue weighted by Gasteiger charge is 2.35. The molecule has 1 fully saturated rings. The number of benzene rings is 2. The minimum absolute atomic E-state index is 0.0155. The minimum Gasteiger partial charge on any atom is -0.494 e. The Morgan fingerprint density at radius 2 is 1.89 bits per heavy atom. The van der Waals surface area contributed by atoms with Gasteiger partial charge in [-0.15, -0.1) is 0 Å². The molecule has 4 rings (SSSR count). The average Bonchev–Trinajstić information content (AvgIpc) is 2.90. The number of hydrogen-bond donors (Lipinski definition) is 1. The van der Waals surface area contributed by atoms with Crippen LogP contribution in [0.5, 0.6) is 5.75 Å². The molecular weight excluding hydrogens is 483 g/mol. The van der Waals surface area contributed by atoms with E-state index in [1.807, 2.05) is 6.92 Å². The van der Waals surface area contributed by atoms with Gasteiger partial charge in [0.05, 0.1) is 17.8 Å². The Labute approximate surface area is 214 Å². The SMILES string of the molecule is CCOc1ccc(C(C(=O)NC2CCCCC2)N(C(=O)c2cnccn2)c2ccc(F)c(Cl)c2)cc1. The van der Waals surface area contributed by atoms with E-state index in [0.717, 1.165) is 32.1 Å². The third kappa shape index (κ3) is 5.99. The Bertz CT molecular complexity index is 1190. The third-order valence-electron chi connectivity index (χ3n) is 6.15. The molecule has 0 aliphatic heterocycles.